The molecule has 0 fully saturated rings. The van der Waals surface area contributed by atoms with E-state index in [-0.39, 0.29) is 18.6 Å². The maximum absolute atomic E-state index is 9.01. The van der Waals surface area contributed by atoms with Crippen molar-refractivity contribution in [3.05, 3.63) is 17.5 Å². The zero-order valence-corrected chi connectivity index (χ0v) is 10.4. The summed E-state index contributed by atoms with van der Waals surface area (Å²) in [4.78, 5) is 8.09. The molecule has 5 heteroatoms. The van der Waals surface area contributed by atoms with E-state index in [0.29, 0.717) is 11.0 Å². The normalized spacial score (nSPS) is 14.5. The number of hydrogen-bond donors (Lipinski definition) is 2. The van der Waals surface area contributed by atoms with Gasteiger partial charge in [-0.05, 0) is 18.8 Å². The van der Waals surface area contributed by atoms with E-state index in [1.165, 1.54) is 6.20 Å². The van der Waals surface area contributed by atoms with Crippen LogP contribution in [-0.4, -0.2) is 27.7 Å². The fourth-order valence-corrected chi connectivity index (χ4v) is 1.66. The first-order valence-corrected chi connectivity index (χ1v) is 5.88. The van der Waals surface area contributed by atoms with Crippen molar-refractivity contribution in [2.24, 2.45) is 5.92 Å². The van der Waals surface area contributed by atoms with Crippen LogP contribution in [-0.2, 0) is 0 Å². The highest BCUT2D eigenvalue weighted by Crippen LogP contribution is 2.14. The average molecular weight is 244 g/mol. The molecule has 0 aliphatic carbocycles. The summed E-state index contributed by atoms with van der Waals surface area (Å²) >= 11 is 5.75. The number of hydrogen-bond acceptors (Lipinski definition) is 4. The quantitative estimate of drug-likeness (QED) is 0.805. The van der Waals surface area contributed by atoms with Crippen molar-refractivity contribution >= 4 is 17.4 Å². The molecule has 1 aromatic rings. The van der Waals surface area contributed by atoms with Crippen LogP contribution in [0.4, 0.5) is 5.82 Å². The van der Waals surface area contributed by atoms with Crippen LogP contribution in [0.15, 0.2) is 12.4 Å². The van der Waals surface area contributed by atoms with Crippen LogP contribution < -0.4 is 5.32 Å². The first-order chi connectivity index (χ1) is 7.65. The Morgan fingerprint density at radius 3 is 2.81 bits per heavy atom. The second-order valence-electron chi connectivity index (χ2n) is 4.00. The maximum atomic E-state index is 9.01. The van der Waals surface area contributed by atoms with Gasteiger partial charge in [-0.25, -0.2) is 4.98 Å². The molecule has 1 heterocycles. The molecule has 16 heavy (non-hydrogen) atoms. The number of aromatic nitrogens is 2. The smallest absolute Gasteiger partial charge is 0.149 e. The molecule has 0 spiro atoms. The zero-order chi connectivity index (χ0) is 12.0. The topological polar surface area (TPSA) is 58.0 Å². The van der Waals surface area contributed by atoms with Crippen molar-refractivity contribution in [1.29, 1.82) is 0 Å². The molecule has 4 nitrogen and oxygen atoms in total. The Hall–Kier alpha value is -0.870. The Labute approximate surface area is 101 Å². The van der Waals surface area contributed by atoms with Gasteiger partial charge in [-0.2, -0.15) is 0 Å². The molecule has 90 valence electrons. The number of nitrogens with one attached hydrogen (secondary N) is 1. The molecule has 0 radical (unpaired) electrons. The lowest BCUT2D eigenvalue weighted by molar-refractivity contribution is 0.224. The highest BCUT2D eigenvalue weighted by molar-refractivity contribution is 6.29. The predicted octanol–water partition coefficient (Wildman–Crippen LogP) is 2.34. The summed E-state index contributed by atoms with van der Waals surface area (Å²) in [6.45, 7) is 4.33. The number of halogens is 1. The number of rotatable bonds is 6. The number of nitrogens with zero attached hydrogens (tertiary/aromatic N) is 2. The van der Waals surface area contributed by atoms with Gasteiger partial charge in [0.2, 0.25) is 0 Å². The van der Waals surface area contributed by atoms with Gasteiger partial charge in [0.15, 0.2) is 0 Å². The molecular weight excluding hydrogens is 226 g/mol. The highest BCUT2D eigenvalue weighted by atomic mass is 35.5. The molecule has 0 saturated carbocycles. The van der Waals surface area contributed by atoms with Crippen LogP contribution in [0, 0.1) is 5.92 Å². The van der Waals surface area contributed by atoms with Crippen LogP contribution in [0.5, 0.6) is 0 Å². The van der Waals surface area contributed by atoms with Gasteiger partial charge in [-0.3, -0.25) is 4.98 Å². The van der Waals surface area contributed by atoms with E-state index >= 15 is 0 Å². The SMILES string of the molecule is CC[C@@H](C[C@@H](C)CO)Nc1cncc(Cl)n1. The molecule has 0 aliphatic rings. The molecular formula is C11H18ClN3O. The first-order valence-electron chi connectivity index (χ1n) is 5.50. The zero-order valence-electron chi connectivity index (χ0n) is 9.65. The standard InChI is InChI=1S/C11H18ClN3O/c1-3-9(4-8(2)7-16)14-11-6-13-5-10(12)15-11/h5-6,8-9,16H,3-4,7H2,1-2H3,(H,14,15)/t8-,9+/m1/s1. The van der Waals surface area contributed by atoms with Gasteiger partial charge in [-0.15, -0.1) is 0 Å². The molecule has 0 aromatic carbocycles. The second-order valence-corrected chi connectivity index (χ2v) is 4.39. The molecule has 0 amide bonds. The summed E-state index contributed by atoms with van der Waals surface area (Å²) in [5, 5.41) is 12.7. The van der Waals surface area contributed by atoms with Crippen molar-refractivity contribution in [1.82, 2.24) is 9.97 Å². The van der Waals surface area contributed by atoms with Gasteiger partial charge in [0.05, 0.1) is 12.4 Å². The van der Waals surface area contributed by atoms with E-state index in [2.05, 4.69) is 22.2 Å². The van der Waals surface area contributed by atoms with Crippen LogP contribution in [0.2, 0.25) is 5.15 Å². The van der Waals surface area contributed by atoms with E-state index in [0.717, 1.165) is 12.8 Å². The highest BCUT2D eigenvalue weighted by Gasteiger charge is 2.11. The van der Waals surface area contributed by atoms with E-state index in [9.17, 15) is 0 Å². The summed E-state index contributed by atoms with van der Waals surface area (Å²) in [7, 11) is 0. The molecule has 0 unspecified atom stereocenters. The Bertz CT molecular complexity index is 322. The number of anilines is 1. The van der Waals surface area contributed by atoms with E-state index < -0.39 is 0 Å². The van der Waals surface area contributed by atoms with Crippen LogP contribution in [0.3, 0.4) is 0 Å². The van der Waals surface area contributed by atoms with E-state index in [1.54, 1.807) is 6.20 Å². The number of aliphatic hydroxyl groups is 1. The summed E-state index contributed by atoms with van der Waals surface area (Å²) in [6.07, 6.45) is 5.03. The van der Waals surface area contributed by atoms with Gasteiger partial charge in [0.25, 0.3) is 0 Å². The summed E-state index contributed by atoms with van der Waals surface area (Å²) in [5.41, 5.74) is 0. The second kappa shape index (κ2) is 6.66. The first kappa shape index (κ1) is 13.2. The third kappa shape index (κ3) is 4.33. The Kier molecular flexibility index (Phi) is 5.49. The van der Waals surface area contributed by atoms with Gasteiger partial charge in [0.1, 0.15) is 11.0 Å². The van der Waals surface area contributed by atoms with Gasteiger partial charge in [-0.1, -0.05) is 25.4 Å². The fourth-order valence-electron chi connectivity index (χ4n) is 1.51. The maximum Gasteiger partial charge on any atom is 0.149 e. The van der Waals surface area contributed by atoms with Gasteiger partial charge >= 0.3 is 0 Å². The summed E-state index contributed by atoms with van der Waals surface area (Å²) in [6, 6.07) is 0.287. The van der Waals surface area contributed by atoms with Crippen LogP contribution in [0.25, 0.3) is 0 Å². The average Bonchev–Trinajstić information content (AvgIpc) is 2.28. The fraction of sp³-hybridized carbons (Fsp3) is 0.636. The van der Waals surface area contributed by atoms with Crippen molar-refractivity contribution in [3.63, 3.8) is 0 Å². The molecule has 1 rings (SSSR count). The minimum absolute atomic E-state index is 0.208. The monoisotopic (exact) mass is 243 g/mol. The van der Waals surface area contributed by atoms with E-state index in [1.807, 2.05) is 6.92 Å². The van der Waals surface area contributed by atoms with Crippen molar-refractivity contribution < 1.29 is 5.11 Å². The third-order valence-electron chi connectivity index (χ3n) is 2.45. The lowest BCUT2D eigenvalue weighted by atomic mass is 10.0. The number of aliphatic hydroxyl groups excluding tert-OH is 1. The molecule has 2 atom stereocenters. The van der Waals surface area contributed by atoms with Crippen molar-refractivity contribution in [2.75, 3.05) is 11.9 Å². The Balaban J connectivity index is 2.56. The molecule has 0 saturated heterocycles. The molecule has 1 aromatic heterocycles. The lowest BCUT2D eigenvalue weighted by Crippen LogP contribution is -2.23. The summed E-state index contributed by atoms with van der Waals surface area (Å²) in [5.74, 6) is 0.967. The minimum Gasteiger partial charge on any atom is -0.396 e. The Morgan fingerprint density at radius 1 is 1.50 bits per heavy atom. The Morgan fingerprint density at radius 2 is 2.25 bits per heavy atom. The van der Waals surface area contributed by atoms with Crippen molar-refractivity contribution in [3.8, 4) is 0 Å². The van der Waals surface area contributed by atoms with Crippen LogP contribution >= 0.6 is 11.6 Å². The third-order valence-corrected chi connectivity index (χ3v) is 2.63. The van der Waals surface area contributed by atoms with E-state index in [4.69, 9.17) is 16.7 Å². The predicted molar refractivity (Wildman–Crippen MR) is 65.6 cm³/mol. The molecule has 2 N–H and O–H groups in total. The summed E-state index contributed by atoms with van der Waals surface area (Å²) < 4.78 is 0. The minimum atomic E-state index is 0.208. The van der Waals surface area contributed by atoms with Crippen molar-refractivity contribution in [2.45, 2.75) is 32.7 Å². The van der Waals surface area contributed by atoms with Gasteiger partial charge in [0, 0.05) is 12.6 Å². The largest absolute Gasteiger partial charge is 0.396 e. The lowest BCUT2D eigenvalue weighted by Gasteiger charge is -2.20. The van der Waals surface area contributed by atoms with Crippen LogP contribution in [0.1, 0.15) is 26.7 Å². The molecule has 0 aliphatic heterocycles. The van der Waals surface area contributed by atoms with Gasteiger partial charge < -0.3 is 10.4 Å². The molecule has 0 bridgehead atoms.